The maximum Gasteiger partial charge on any atom is 0.128 e. The molecule has 1 unspecified atom stereocenters. The second-order valence-electron chi connectivity index (χ2n) is 4.56. The maximum atomic E-state index is 13.8. The van der Waals surface area contributed by atoms with Crippen LogP contribution in [0, 0.1) is 18.6 Å². The molecule has 2 N–H and O–H groups in total. The van der Waals surface area contributed by atoms with Crippen LogP contribution in [0.5, 0.6) is 0 Å². The first-order chi connectivity index (χ1) is 9.49. The molecular formula is C15H14BrF2NO. The zero-order valence-electron chi connectivity index (χ0n) is 10.8. The molecule has 0 spiro atoms. The van der Waals surface area contributed by atoms with E-state index in [4.69, 9.17) is 0 Å². The first-order valence-electron chi connectivity index (χ1n) is 6.09. The number of aliphatic hydroxyl groups is 1. The van der Waals surface area contributed by atoms with Crippen molar-refractivity contribution in [1.82, 2.24) is 0 Å². The topological polar surface area (TPSA) is 32.3 Å². The van der Waals surface area contributed by atoms with E-state index >= 15 is 0 Å². The first kappa shape index (κ1) is 14.9. The third-order valence-electron chi connectivity index (χ3n) is 2.90. The maximum absolute atomic E-state index is 13.8. The van der Waals surface area contributed by atoms with Gasteiger partial charge in [-0.2, -0.15) is 0 Å². The molecule has 0 amide bonds. The van der Waals surface area contributed by atoms with Crippen LogP contribution in [0.15, 0.2) is 40.9 Å². The molecule has 106 valence electrons. The van der Waals surface area contributed by atoms with Crippen LogP contribution in [-0.2, 0) is 0 Å². The second kappa shape index (κ2) is 6.33. The molecule has 0 aliphatic rings. The molecular weight excluding hydrogens is 328 g/mol. The molecule has 0 bridgehead atoms. The third kappa shape index (κ3) is 3.55. The van der Waals surface area contributed by atoms with Gasteiger partial charge in [0.05, 0.1) is 12.6 Å². The molecule has 0 aromatic heterocycles. The molecule has 1 atom stereocenters. The molecule has 20 heavy (non-hydrogen) atoms. The SMILES string of the molecule is Cc1cc(F)cc(NC(CO)c2cc(Br)ccc2F)c1. The molecule has 0 aliphatic heterocycles. The summed E-state index contributed by atoms with van der Waals surface area (Å²) in [6, 6.07) is 8.30. The number of aliphatic hydroxyl groups excluding tert-OH is 1. The number of rotatable bonds is 4. The van der Waals surface area contributed by atoms with Gasteiger partial charge in [-0.15, -0.1) is 0 Å². The lowest BCUT2D eigenvalue weighted by atomic mass is 10.1. The van der Waals surface area contributed by atoms with E-state index in [0.29, 0.717) is 15.7 Å². The Morgan fingerprint density at radius 2 is 1.95 bits per heavy atom. The molecule has 0 saturated heterocycles. The summed E-state index contributed by atoms with van der Waals surface area (Å²) in [6.07, 6.45) is 0. The molecule has 0 saturated carbocycles. The van der Waals surface area contributed by atoms with Crippen LogP contribution < -0.4 is 5.32 Å². The summed E-state index contributed by atoms with van der Waals surface area (Å²) in [7, 11) is 0. The van der Waals surface area contributed by atoms with E-state index in [0.717, 1.165) is 5.56 Å². The van der Waals surface area contributed by atoms with Gasteiger partial charge < -0.3 is 10.4 Å². The summed E-state index contributed by atoms with van der Waals surface area (Å²) >= 11 is 3.27. The highest BCUT2D eigenvalue weighted by molar-refractivity contribution is 9.10. The van der Waals surface area contributed by atoms with Crippen molar-refractivity contribution in [2.24, 2.45) is 0 Å². The largest absolute Gasteiger partial charge is 0.394 e. The molecule has 2 aromatic rings. The van der Waals surface area contributed by atoms with E-state index in [9.17, 15) is 13.9 Å². The van der Waals surface area contributed by atoms with Gasteiger partial charge in [0.1, 0.15) is 11.6 Å². The molecule has 0 radical (unpaired) electrons. The van der Waals surface area contributed by atoms with Gasteiger partial charge in [0.25, 0.3) is 0 Å². The average Bonchev–Trinajstić information content (AvgIpc) is 2.38. The smallest absolute Gasteiger partial charge is 0.128 e. The quantitative estimate of drug-likeness (QED) is 0.874. The first-order valence-corrected chi connectivity index (χ1v) is 6.88. The lowest BCUT2D eigenvalue weighted by Crippen LogP contribution is -2.16. The molecule has 2 nitrogen and oxygen atoms in total. The molecule has 0 heterocycles. The van der Waals surface area contributed by atoms with Crippen molar-refractivity contribution in [3.8, 4) is 0 Å². The van der Waals surface area contributed by atoms with Gasteiger partial charge in [-0.25, -0.2) is 8.78 Å². The minimum absolute atomic E-state index is 0.303. The van der Waals surface area contributed by atoms with E-state index < -0.39 is 11.9 Å². The Labute approximate surface area is 124 Å². The Bertz CT molecular complexity index is 599. The van der Waals surface area contributed by atoms with E-state index in [1.165, 1.54) is 18.2 Å². The van der Waals surface area contributed by atoms with Gasteiger partial charge in [0.15, 0.2) is 0 Å². The number of nitrogens with one attached hydrogen (secondary N) is 1. The fraction of sp³-hybridized carbons (Fsp3) is 0.200. The average molecular weight is 342 g/mol. The summed E-state index contributed by atoms with van der Waals surface area (Å²) in [4.78, 5) is 0. The highest BCUT2D eigenvalue weighted by atomic mass is 79.9. The monoisotopic (exact) mass is 341 g/mol. The van der Waals surface area contributed by atoms with Crippen LogP contribution >= 0.6 is 15.9 Å². The van der Waals surface area contributed by atoms with E-state index in [1.54, 1.807) is 25.1 Å². The van der Waals surface area contributed by atoms with Crippen molar-refractivity contribution in [3.63, 3.8) is 0 Å². The van der Waals surface area contributed by atoms with Crippen LogP contribution in [0.3, 0.4) is 0 Å². The third-order valence-corrected chi connectivity index (χ3v) is 3.39. The second-order valence-corrected chi connectivity index (χ2v) is 5.48. The number of hydrogen-bond donors (Lipinski definition) is 2. The zero-order valence-corrected chi connectivity index (χ0v) is 12.4. The lowest BCUT2D eigenvalue weighted by Gasteiger charge is -2.19. The van der Waals surface area contributed by atoms with Crippen molar-refractivity contribution < 1.29 is 13.9 Å². The van der Waals surface area contributed by atoms with Gasteiger partial charge in [-0.3, -0.25) is 0 Å². The van der Waals surface area contributed by atoms with Crippen molar-refractivity contribution in [1.29, 1.82) is 0 Å². The van der Waals surface area contributed by atoms with Gasteiger partial charge in [0, 0.05) is 15.7 Å². The standard InChI is InChI=1S/C15H14BrF2NO/c1-9-4-11(17)7-12(5-9)19-15(8-20)13-6-10(16)2-3-14(13)18/h2-7,15,19-20H,8H2,1H3. The van der Waals surface area contributed by atoms with Gasteiger partial charge in [0.2, 0.25) is 0 Å². The molecule has 5 heteroatoms. The fourth-order valence-corrected chi connectivity index (χ4v) is 2.40. The van der Waals surface area contributed by atoms with Crippen LogP contribution in [0.4, 0.5) is 14.5 Å². The molecule has 2 aromatic carbocycles. The number of hydrogen-bond acceptors (Lipinski definition) is 2. The Balaban J connectivity index is 2.31. The highest BCUT2D eigenvalue weighted by Gasteiger charge is 2.15. The summed E-state index contributed by atoms with van der Waals surface area (Å²) < 4.78 is 27.9. The van der Waals surface area contributed by atoms with Gasteiger partial charge in [-0.1, -0.05) is 15.9 Å². The summed E-state index contributed by atoms with van der Waals surface area (Å²) in [5.41, 5.74) is 1.57. The highest BCUT2D eigenvalue weighted by Crippen LogP contribution is 2.25. The number of anilines is 1. The molecule has 2 rings (SSSR count). The minimum Gasteiger partial charge on any atom is -0.394 e. The Morgan fingerprint density at radius 1 is 1.20 bits per heavy atom. The Hall–Kier alpha value is -1.46. The number of benzene rings is 2. The predicted octanol–water partition coefficient (Wildman–Crippen LogP) is 4.18. The lowest BCUT2D eigenvalue weighted by molar-refractivity contribution is 0.274. The van der Waals surface area contributed by atoms with Crippen molar-refractivity contribution in [2.45, 2.75) is 13.0 Å². The van der Waals surface area contributed by atoms with Crippen LogP contribution in [0.25, 0.3) is 0 Å². The van der Waals surface area contributed by atoms with Crippen LogP contribution in [0.1, 0.15) is 17.2 Å². The summed E-state index contributed by atoms with van der Waals surface area (Å²) in [5, 5.41) is 12.4. The number of aryl methyl sites for hydroxylation is 1. The minimum atomic E-state index is -0.645. The van der Waals surface area contributed by atoms with Gasteiger partial charge in [-0.05, 0) is 48.9 Å². The Morgan fingerprint density at radius 3 is 2.60 bits per heavy atom. The molecule has 0 aliphatic carbocycles. The van der Waals surface area contributed by atoms with E-state index in [1.807, 2.05) is 0 Å². The molecule has 0 fully saturated rings. The Kier molecular flexibility index (Phi) is 4.73. The van der Waals surface area contributed by atoms with Crippen LogP contribution in [0.2, 0.25) is 0 Å². The van der Waals surface area contributed by atoms with Gasteiger partial charge >= 0.3 is 0 Å². The summed E-state index contributed by atoms with van der Waals surface area (Å²) in [5.74, 6) is -0.799. The van der Waals surface area contributed by atoms with Crippen molar-refractivity contribution in [2.75, 3.05) is 11.9 Å². The van der Waals surface area contributed by atoms with E-state index in [-0.39, 0.29) is 12.4 Å². The van der Waals surface area contributed by atoms with Crippen LogP contribution in [-0.4, -0.2) is 11.7 Å². The normalized spacial score (nSPS) is 12.2. The van der Waals surface area contributed by atoms with Crippen molar-refractivity contribution >= 4 is 21.6 Å². The summed E-state index contributed by atoms with van der Waals surface area (Å²) in [6.45, 7) is 1.46. The van der Waals surface area contributed by atoms with E-state index in [2.05, 4.69) is 21.2 Å². The number of halogens is 3. The van der Waals surface area contributed by atoms with Crippen molar-refractivity contribution in [3.05, 3.63) is 63.6 Å². The fourth-order valence-electron chi connectivity index (χ4n) is 2.02. The predicted molar refractivity (Wildman–Crippen MR) is 78.7 cm³/mol. The zero-order chi connectivity index (χ0) is 14.7.